The molecule has 1 aromatic carbocycles. The molecule has 0 saturated carbocycles. The van der Waals surface area contributed by atoms with Crippen molar-refractivity contribution in [3.8, 4) is 0 Å². The summed E-state index contributed by atoms with van der Waals surface area (Å²) in [5, 5.41) is 4.92. The summed E-state index contributed by atoms with van der Waals surface area (Å²) in [7, 11) is 1.29. The topological polar surface area (TPSA) is 90.3 Å². The molecule has 0 spiro atoms. The molecule has 0 fully saturated rings. The van der Waals surface area contributed by atoms with Crippen LogP contribution in [0.1, 0.15) is 10.4 Å². The molecule has 7 nitrogen and oxygen atoms in total. The van der Waals surface area contributed by atoms with Crippen molar-refractivity contribution < 1.29 is 14.3 Å². The minimum absolute atomic E-state index is 0.167. The minimum atomic E-state index is -0.491. The summed E-state index contributed by atoms with van der Waals surface area (Å²) in [5.74, 6) is -0.884. The number of nitrogens with one attached hydrogen (secondary N) is 1. The number of aromatic nitrogens is 2. The molecular formula is C16H13N3O4S. The second kappa shape index (κ2) is 6.63. The van der Waals surface area contributed by atoms with Crippen molar-refractivity contribution in [1.82, 2.24) is 9.55 Å². The lowest BCUT2D eigenvalue weighted by molar-refractivity contribution is -0.116. The summed E-state index contributed by atoms with van der Waals surface area (Å²) in [5.41, 5.74) is 0.508. The largest absolute Gasteiger partial charge is 0.465 e. The number of methoxy groups -OCH3 is 1. The van der Waals surface area contributed by atoms with Crippen molar-refractivity contribution in [2.45, 2.75) is 6.54 Å². The Kier molecular flexibility index (Phi) is 4.39. The highest BCUT2D eigenvalue weighted by Crippen LogP contribution is 2.14. The first kappa shape index (κ1) is 15.9. The molecule has 0 unspecified atom stereocenters. The van der Waals surface area contributed by atoms with E-state index in [1.807, 2.05) is 0 Å². The maximum Gasteiger partial charge on any atom is 0.337 e. The SMILES string of the molecule is COC(=O)c1cccc(NC(=O)Cn2cnc3sccc3c2=O)c1. The van der Waals surface area contributed by atoms with E-state index in [2.05, 4.69) is 15.0 Å². The van der Waals surface area contributed by atoms with Crippen LogP contribution in [0.25, 0.3) is 10.2 Å². The predicted molar refractivity (Wildman–Crippen MR) is 90.3 cm³/mol. The van der Waals surface area contributed by atoms with Gasteiger partial charge in [0.15, 0.2) is 0 Å². The molecule has 8 heteroatoms. The molecule has 0 radical (unpaired) electrons. The third-order valence-corrected chi connectivity index (χ3v) is 4.15. The summed E-state index contributed by atoms with van der Waals surface area (Å²) in [6, 6.07) is 8.05. The number of benzene rings is 1. The summed E-state index contributed by atoms with van der Waals surface area (Å²) >= 11 is 1.37. The zero-order chi connectivity index (χ0) is 17.1. The van der Waals surface area contributed by atoms with Crippen LogP contribution in [0.4, 0.5) is 5.69 Å². The lowest BCUT2D eigenvalue weighted by atomic mass is 10.2. The molecule has 3 rings (SSSR count). The Morgan fingerprint density at radius 3 is 2.96 bits per heavy atom. The molecule has 3 aromatic rings. The van der Waals surface area contributed by atoms with Gasteiger partial charge in [-0.3, -0.25) is 14.2 Å². The number of esters is 1. The van der Waals surface area contributed by atoms with Crippen LogP contribution in [0.2, 0.25) is 0 Å². The van der Waals surface area contributed by atoms with Gasteiger partial charge in [-0.1, -0.05) is 6.07 Å². The molecule has 0 aliphatic rings. The van der Waals surface area contributed by atoms with Gasteiger partial charge < -0.3 is 10.1 Å². The van der Waals surface area contributed by atoms with Gasteiger partial charge in [0.25, 0.3) is 5.56 Å². The molecule has 2 heterocycles. The van der Waals surface area contributed by atoms with Gasteiger partial charge in [-0.05, 0) is 29.6 Å². The highest BCUT2D eigenvalue weighted by Gasteiger charge is 2.11. The molecule has 0 saturated heterocycles. The molecule has 0 bridgehead atoms. The fraction of sp³-hybridized carbons (Fsp3) is 0.125. The number of amides is 1. The summed E-state index contributed by atoms with van der Waals surface area (Å²) in [6.07, 6.45) is 1.35. The standard InChI is InChI=1S/C16H13N3O4S/c1-23-16(22)10-3-2-4-11(7-10)18-13(20)8-19-9-17-14-12(15(19)21)5-6-24-14/h2-7,9H,8H2,1H3,(H,18,20). The van der Waals surface area contributed by atoms with Crippen LogP contribution >= 0.6 is 11.3 Å². The first-order valence-corrected chi connectivity index (χ1v) is 7.87. The van der Waals surface area contributed by atoms with Crippen LogP contribution in [-0.2, 0) is 16.1 Å². The Hall–Kier alpha value is -3.00. The molecule has 1 amide bonds. The number of ether oxygens (including phenoxy) is 1. The summed E-state index contributed by atoms with van der Waals surface area (Å²) in [6.45, 7) is -0.167. The van der Waals surface area contributed by atoms with Crippen molar-refractivity contribution >= 4 is 39.1 Å². The first-order chi connectivity index (χ1) is 11.6. The Morgan fingerprint density at radius 1 is 1.33 bits per heavy atom. The number of rotatable bonds is 4. The fourth-order valence-electron chi connectivity index (χ4n) is 2.20. The van der Waals surface area contributed by atoms with E-state index in [1.165, 1.54) is 35.4 Å². The van der Waals surface area contributed by atoms with Crippen LogP contribution in [-0.4, -0.2) is 28.5 Å². The van der Waals surface area contributed by atoms with Crippen LogP contribution in [0.15, 0.2) is 46.8 Å². The maximum atomic E-state index is 12.2. The van der Waals surface area contributed by atoms with Crippen molar-refractivity contribution in [1.29, 1.82) is 0 Å². The number of carbonyl (C=O) groups is 2. The number of fused-ring (bicyclic) bond motifs is 1. The van der Waals surface area contributed by atoms with Crippen LogP contribution < -0.4 is 10.9 Å². The van der Waals surface area contributed by atoms with Crippen molar-refractivity contribution in [2.24, 2.45) is 0 Å². The van der Waals surface area contributed by atoms with E-state index < -0.39 is 11.9 Å². The minimum Gasteiger partial charge on any atom is -0.465 e. The first-order valence-electron chi connectivity index (χ1n) is 6.99. The van der Waals surface area contributed by atoms with E-state index in [4.69, 9.17) is 0 Å². The smallest absolute Gasteiger partial charge is 0.337 e. The van der Waals surface area contributed by atoms with E-state index in [-0.39, 0.29) is 12.1 Å². The average Bonchev–Trinajstić information content (AvgIpc) is 3.06. The Labute approximate surface area is 140 Å². The Morgan fingerprint density at radius 2 is 2.17 bits per heavy atom. The zero-order valence-electron chi connectivity index (χ0n) is 12.7. The summed E-state index contributed by atoms with van der Waals surface area (Å²) in [4.78, 5) is 40.7. The normalized spacial score (nSPS) is 10.5. The number of nitrogens with zero attached hydrogens (tertiary/aromatic N) is 2. The number of hydrogen-bond acceptors (Lipinski definition) is 6. The molecular weight excluding hydrogens is 330 g/mol. The second-order valence-electron chi connectivity index (χ2n) is 4.94. The predicted octanol–water partition coefficient (Wildman–Crippen LogP) is 1.88. The van der Waals surface area contributed by atoms with Gasteiger partial charge >= 0.3 is 5.97 Å². The van der Waals surface area contributed by atoms with E-state index in [0.29, 0.717) is 21.5 Å². The van der Waals surface area contributed by atoms with Gasteiger partial charge in [0.1, 0.15) is 11.4 Å². The second-order valence-corrected chi connectivity index (χ2v) is 5.83. The lowest BCUT2D eigenvalue weighted by Gasteiger charge is -2.08. The van der Waals surface area contributed by atoms with Crippen molar-refractivity contribution in [3.63, 3.8) is 0 Å². The van der Waals surface area contributed by atoms with E-state index in [0.717, 1.165) is 0 Å². The molecule has 0 atom stereocenters. The van der Waals surface area contributed by atoms with Crippen LogP contribution in [0.5, 0.6) is 0 Å². The van der Waals surface area contributed by atoms with Crippen LogP contribution in [0.3, 0.4) is 0 Å². The summed E-state index contributed by atoms with van der Waals surface area (Å²) < 4.78 is 5.88. The van der Waals surface area contributed by atoms with Gasteiger partial charge in [-0.25, -0.2) is 9.78 Å². The molecule has 2 aromatic heterocycles. The van der Waals surface area contributed by atoms with Crippen molar-refractivity contribution in [3.05, 3.63) is 58.0 Å². The lowest BCUT2D eigenvalue weighted by Crippen LogP contribution is -2.27. The molecule has 24 heavy (non-hydrogen) atoms. The quantitative estimate of drug-likeness (QED) is 0.731. The highest BCUT2D eigenvalue weighted by molar-refractivity contribution is 7.16. The molecule has 0 aliphatic carbocycles. The van der Waals surface area contributed by atoms with Crippen molar-refractivity contribution in [2.75, 3.05) is 12.4 Å². The average molecular weight is 343 g/mol. The number of anilines is 1. The number of thiophene rings is 1. The van der Waals surface area contributed by atoms with Gasteiger partial charge in [-0.15, -0.1) is 11.3 Å². The molecule has 1 N–H and O–H groups in total. The maximum absolute atomic E-state index is 12.2. The van der Waals surface area contributed by atoms with E-state index >= 15 is 0 Å². The van der Waals surface area contributed by atoms with E-state index in [1.54, 1.807) is 29.6 Å². The van der Waals surface area contributed by atoms with Crippen LogP contribution in [0, 0.1) is 0 Å². The van der Waals surface area contributed by atoms with Gasteiger partial charge in [0, 0.05) is 5.69 Å². The molecule has 0 aliphatic heterocycles. The Balaban J connectivity index is 1.76. The fourth-order valence-corrected chi connectivity index (χ4v) is 2.93. The third-order valence-electron chi connectivity index (χ3n) is 3.33. The molecule has 122 valence electrons. The monoisotopic (exact) mass is 343 g/mol. The number of carbonyl (C=O) groups excluding carboxylic acids is 2. The van der Waals surface area contributed by atoms with Gasteiger partial charge in [0.2, 0.25) is 5.91 Å². The van der Waals surface area contributed by atoms with Gasteiger partial charge in [0.05, 0.1) is 24.4 Å². The third kappa shape index (κ3) is 3.18. The van der Waals surface area contributed by atoms with E-state index in [9.17, 15) is 14.4 Å². The highest BCUT2D eigenvalue weighted by atomic mass is 32.1. The Bertz CT molecular complexity index is 977. The zero-order valence-corrected chi connectivity index (χ0v) is 13.5. The van der Waals surface area contributed by atoms with Gasteiger partial charge in [-0.2, -0.15) is 0 Å². The number of hydrogen-bond donors (Lipinski definition) is 1.